The van der Waals surface area contributed by atoms with Crippen LogP contribution in [0.15, 0.2) is 12.1 Å². The third-order valence-corrected chi connectivity index (χ3v) is 4.75. The summed E-state index contributed by atoms with van der Waals surface area (Å²) in [5, 5.41) is 0. The van der Waals surface area contributed by atoms with E-state index in [0.717, 1.165) is 44.2 Å². The Morgan fingerprint density at radius 3 is 2.75 bits per heavy atom. The summed E-state index contributed by atoms with van der Waals surface area (Å²) < 4.78 is 8.44. The Hall–Kier alpha value is -0.771. The van der Waals surface area contributed by atoms with E-state index in [9.17, 15) is 0 Å². The molecule has 0 bridgehead atoms. The third-order valence-electron chi connectivity index (χ3n) is 4.46. The van der Waals surface area contributed by atoms with Gasteiger partial charge in [-0.1, -0.05) is 0 Å². The average molecular weight is 316 g/mol. The molecule has 3 rings (SSSR count). The quantitative estimate of drug-likeness (QED) is 0.870. The number of aromatic nitrogens is 1. The van der Waals surface area contributed by atoms with Crippen molar-refractivity contribution in [1.29, 1.82) is 0 Å². The number of hydrogen-bond acceptors (Lipinski definition) is 4. The number of anilines is 2. The molecule has 0 amide bonds. The summed E-state index contributed by atoms with van der Waals surface area (Å²) in [6.45, 7) is 5.14. The number of ether oxygens (including phenoxy) is 1. The van der Waals surface area contributed by atoms with Gasteiger partial charge in [0.2, 0.25) is 0 Å². The van der Waals surface area contributed by atoms with Crippen LogP contribution in [0.3, 0.4) is 0 Å². The molecule has 1 N–H and O–H groups in total. The molecule has 2 saturated heterocycles. The van der Waals surface area contributed by atoms with Gasteiger partial charge in [0.25, 0.3) is 0 Å². The van der Waals surface area contributed by atoms with Crippen LogP contribution in [0.4, 0.5) is 11.6 Å². The second kappa shape index (κ2) is 6.33. The normalized spacial score (nSPS) is 24.1. The Morgan fingerprint density at radius 2 is 2.10 bits per heavy atom. The first-order chi connectivity index (χ1) is 9.78. The molecule has 1 unspecified atom stereocenters. The zero-order valence-electron chi connectivity index (χ0n) is 11.9. The molecule has 1 aromatic heterocycles. The van der Waals surface area contributed by atoms with Gasteiger partial charge >= 0.3 is 129 Å². The van der Waals surface area contributed by atoms with Crippen molar-refractivity contribution in [1.82, 2.24) is 4.98 Å². The van der Waals surface area contributed by atoms with Gasteiger partial charge in [-0.15, -0.1) is 0 Å². The van der Waals surface area contributed by atoms with Crippen molar-refractivity contribution in [2.75, 3.05) is 29.0 Å². The second-order valence-corrected chi connectivity index (χ2v) is 6.08. The average Bonchev–Trinajstić information content (AvgIpc) is 2.94. The van der Waals surface area contributed by atoms with Crippen LogP contribution in [0.5, 0.6) is 0 Å². The molecular formula is C15H22FeN3O. The summed E-state index contributed by atoms with van der Waals surface area (Å²) in [5.41, 5.74) is 1.38. The Labute approximate surface area is 129 Å². The Balaban J connectivity index is 1.89. The monoisotopic (exact) mass is 316 g/mol. The van der Waals surface area contributed by atoms with E-state index in [1.54, 1.807) is 0 Å². The maximum atomic E-state index is 5.47. The molecule has 111 valence electrons. The molecule has 1 aromatic rings. The van der Waals surface area contributed by atoms with Crippen molar-refractivity contribution in [2.45, 2.75) is 44.6 Å². The summed E-state index contributed by atoms with van der Waals surface area (Å²) in [5.74, 6) is 2.57. The summed E-state index contributed by atoms with van der Waals surface area (Å²) in [6, 6.07) is 5.01. The molecule has 5 heteroatoms. The molecule has 3 heterocycles. The molecule has 4 nitrogen and oxygen atoms in total. The van der Waals surface area contributed by atoms with Crippen LogP contribution in [-0.4, -0.2) is 30.8 Å². The van der Waals surface area contributed by atoms with Crippen LogP contribution >= 0.6 is 0 Å². The van der Waals surface area contributed by atoms with Crippen molar-refractivity contribution in [3.05, 3.63) is 17.7 Å². The number of rotatable bonds is 3. The van der Waals surface area contributed by atoms with Gasteiger partial charge in [0.1, 0.15) is 0 Å². The zero-order valence-corrected chi connectivity index (χ0v) is 13.0. The van der Waals surface area contributed by atoms with Crippen LogP contribution < -0.4 is 9.23 Å². The van der Waals surface area contributed by atoms with Gasteiger partial charge in [0.05, 0.1) is 0 Å². The number of nitrogens with one attached hydrogen (secondary N) is 1. The fourth-order valence-corrected chi connectivity index (χ4v) is 3.41. The molecule has 0 radical (unpaired) electrons. The number of hydrogen-bond donors (Lipinski definition) is 1. The van der Waals surface area contributed by atoms with Crippen LogP contribution in [0, 0.1) is 0 Å². The predicted molar refractivity (Wildman–Crippen MR) is 76.7 cm³/mol. The van der Waals surface area contributed by atoms with E-state index in [4.69, 9.17) is 9.72 Å². The van der Waals surface area contributed by atoms with E-state index in [1.807, 2.05) is 0 Å². The minimum absolute atomic E-state index is 0.588. The molecule has 2 fully saturated rings. The van der Waals surface area contributed by atoms with Crippen LogP contribution in [0.25, 0.3) is 0 Å². The predicted octanol–water partition coefficient (Wildman–Crippen LogP) is 2.84. The van der Waals surface area contributed by atoms with Gasteiger partial charge in [-0.05, 0) is 0 Å². The molecule has 0 aliphatic carbocycles. The molecule has 0 aromatic carbocycles. The Kier molecular flexibility index (Phi) is 4.49. The van der Waals surface area contributed by atoms with Crippen LogP contribution in [0.2, 0.25) is 0 Å². The van der Waals surface area contributed by atoms with E-state index in [-0.39, 0.29) is 0 Å². The third kappa shape index (κ3) is 2.95. The van der Waals surface area contributed by atoms with Gasteiger partial charge in [0.15, 0.2) is 0 Å². The molecule has 2 aliphatic rings. The molecule has 0 spiro atoms. The van der Waals surface area contributed by atoms with Crippen molar-refractivity contribution < 1.29 is 21.0 Å². The van der Waals surface area contributed by atoms with Crippen molar-refractivity contribution in [3.8, 4) is 0 Å². The van der Waals surface area contributed by atoms with Crippen LogP contribution in [0.1, 0.15) is 44.1 Å². The summed E-state index contributed by atoms with van der Waals surface area (Å²) in [7, 11) is 0. The molecule has 20 heavy (non-hydrogen) atoms. The van der Waals surface area contributed by atoms with E-state index < -0.39 is 0 Å². The van der Waals surface area contributed by atoms with Gasteiger partial charge in [-0.25, -0.2) is 0 Å². The van der Waals surface area contributed by atoms with E-state index in [1.165, 1.54) is 18.4 Å². The minimum atomic E-state index is 0.588. The summed E-state index contributed by atoms with van der Waals surface area (Å²) in [4.78, 5) is 7.12. The van der Waals surface area contributed by atoms with Crippen LogP contribution in [-0.2, 0) is 21.0 Å². The molecule has 1 atom stereocenters. The number of pyridine rings is 1. The molecule has 2 aliphatic heterocycles. The number of nitrogens with zero attached hydrogens (tertiary/aromatic N) is 2. The Bertz CT molecular complexity index is 462. The summed E-state index contributed by atoms with van der Waals surface area (Å²) in [6.07, 6.45) is 4.74. The fraction of sp³-hybridized carbons (Fsp3) is 0.667. The van der Waals surface area contributed by atoms with E-state index in [2.05, 4.69) is 44.5 Å². The fourth-order valence-electron chi connectivity index (χ4n) is 3.27. The first-order valence-electron chi connectivity index (χ1n) is 7.49. The molecule has 0 saturated carbocycles. The molecular weight excluding hydrogens is 294 g/mol. The van der Waals surface area contributed by atoms with Gasteiger partial charge in [0, 0.05) is 0 Å². The van der Waals surface area contributed by atoms with Gasteiger partial charge in [-0.2, -0.15) is 0 Å². The van der Waals surface area contributed by atoms with Crippen molar-refractivity contribution >= 4 is 11.6 Å². The van der Waals surface area contributed by atoms with E-state index >= 15 is 0 Å². The SMILES string of the molecule is CC1CCCN1c1cc(C2CCOCC2)cc([NH][Fe])n1. The maximum absolute atomic E-state index is 5.47. The first-order valence-corrected chi connectivity index (χ1v) is 8.05. The first kappa shape index (κ1) is 14.2. The zero-order chi connectivity index (χ0) is 13.9. The van der Waals surface area contributed by atoms with Crippen molar-refractivity contribution in [3.63, 3.8) is 0 Å². The topological polar surface area (TPSA) is 37.4 Å². The standard InChI is InChI=1S/C15H22N3O.Fe/c1-11-3-2-6-18(11)15-10-13(9-14(16)17-15)12-4-7-19-8-5-12;/h9-12H,2-8H2,1H3,(H-,16,17);/q-1;+1. The van der Waals surface area contributed by atoms with Gasteiger partial charge in [-0.3, -0.25) is 0 Å². The van der Waals surface area contributed by atoms with E-state index in [0.29, 0.717) is 12.0 Å². The summed E-state index contributed by atoms with van der Waals surface area (Å²) >= 11 is 3.77. The van der Waals surface area contributed by atoms with Crippen molar-refractivity contribution in [2.24, 2.45) is 0 Å². The second-order valence-electron chi connectivity index (χ2n) is 5.80. The Morgan fingerprint density at radius 1 is 1.30 bits per heavy atom. The van der Waals surface area contributed by atoms with Gasteiger partial charge < -0.3 is 0 Å².